The highest BCUT2D eigenvalue weighted by molar-refractivity contribution is 5.67. The van der Waals surface area contributed by atoms with Gasteiger partial charge in [-0.25, -0.2) is 0 Å². The molecule has 0 spiro atoms. The molecule has 0 saturated heterocycles. The van der Waals surface area contributed by atoms with E-state index in [-0.39, 0.29) is 0 Å². The second-order valence-corrected chi connectivity index (χ2v) is 5.90. The predicted octanol–water partition coefficient (Wildman–Crippen LogP) is 5.21. The molecule has 0 amide bonds. The van der Waals surface area contributed by atoms with Gasteiger partial charge in [0.25, 0.3) is 0 Å². The van der Waals surface area contributed by atoms with Gasteiger partial charge >= 0.3 is 0 Å². The van der Waals surface area contributed by atoms with Crippen LogP contribution in [0.5, 0.6) is 0 Å². The quantitative estimate of drug-likeness (QED) is 0.413. The second-order valence-electron chi connectivity index (χ2n) is 5.90. The smallest absolute Gasteiger partial charge is 0.120 e. The third kappa shape index (κ3) is 4.75. The summed E-state index contributed by atoms with van der Waals surface area (Å²) in [6.07, 6.45) is 3.80. The molecule has 0 radical (unpaired) electrons. The third-order valence-electron chi connectivity index (χ3n) is 3.89. The van der Waals surface area contributed by atoms with Crippen molar-refractivity contribution in [3.63, 3.8) is 0 Å². The molecule has 0 fully saturated rings. The Morgan fingerprint density at radius 3 is 2.61 bits per heavy atom. The van der Waals surface area contributed by atoms with E-state index in [2.05, 4.69) is 20.1 Å². The molecule has 1 atom stereocenters. The van der Waals surface area contributed by atoms with Gasteiger partial charge in [0.2, 0.25) is 0 Å². The fraction of sp³-hybridized carbons (Fsp3) is 0.238. The van der Waals surface area contributed by atoms with Crippen molar-refractivity contribution in [2.75, 3.05) is 5.73 Å². The summed E-state index contributed by atoms with van der Waals surface area (Å²) in [5, 5.41) is 0. The van der Waals surface area contributed by atoms with Crippen LogP contribution in [0.1, 0.15) is 30.0 Å². The molecule has 2 rings (SSSR count). The lowest BCUT2D eigenvalue weighted by Crippen LogP contribution is -2.06. The number of rotatable bonds is 8. The zero-order valence-electron chi connectivity index (χ0n) is 13.8. The third-order valence-corrected chi connectivity index (χ3v) is 3.89. The molecule has 0 aliphatic heterocycles. The summed E-state index contributed by atoms with van der Waals surface area (Å²) in [5.41, 5.74) is 10.2. The Kier molecular flexibility index (Phi) is 6.04. The molecule has 0 aromatic heterocycles. The van der Waals surface area contributed by atoms with E-state index >= 15 is 0 Å². The van der Waals surface area contributed by atoms with Gasteiger partial charge in [-0.3, -0.25) is 0 Å². The number of nitrogens with two attached hydrogens (primary N) is 1. The molecule has 2 aromatic rings. The lowest BCUT2D eigenvalue weighted by atomic mass is 9.93. The summed E-state index contributed by atoms with van der Waals surface area (Å²) < 4.78 is 5.88. The Bertz CT molecular complexity index is 661. The maximum Gasteiger partial charge on any atom is 0.120 e. The number of hydrogen-bond acceptors (Lipinski definition) is 2. The van der Waals surface area contributed by atoms with Gasteiger partial charge in [0.1, 0.15) is 12.4 Å². The molecule has 0 heterocycles. The minimum Gasteiger partial charge on any atom is -0.489 e. The Labute approximate surface area is 139 Å². The monoisotopic (exact) mass is 307 g/mol. The number of hydrogen-bond donors (Lipinski definition) is 1. The first-order chi connectivity index (χ1) is 11.1. The normalized spacial score (nSPS) is 11.7. The van der Waals surface area contributed by atoms with Crippen molar-refractivity contribution < 1.29 is 4.74 Å². The Hall–Kier alpha value is -2.48. The van der Waals surface area contributed by atoms with Crippen molar-refractivity contribution >= 4 is 11.4 Å². The van der Waals surface area contributed by atoms with Crippen LogP contribution in [0.3, 0.4) is 0 Å². The molecule has 0 aliphatic carbocycles. The van der Waals surface area contributed by atoms with Crippen LogP contribution >= 0.6 is 0 Å². The van der Waals surface area contributed by atoms with E-state index in [1.54, 1.807) is 0 Å². The molecule has 23 heavy (non-hydrogen) atoms. The van der Waals surface area contributed by atoms with Crippen LogP contribution in [-0.4, -0.2) is 0 Å². The number of allylic oxidation sites excluding steroid dienone is 1. The summed E-state index contributed by atoms with van der Waals surface area (Å²) in [5.74, 6) is 1.15. The SMILES string of the molecule is C=CCC(C)Cc1c(N)cccc1C(=C)OCc1ccccc1. The first-order valence-corrected chi connectivity index (χ1v) is 7.96. The van der Waals surface area contributed by atoms with Gasteiger partial charge in [-0.2, -0.15) is 0 Å². The van der Waals surface area contributed by atoms with E-state index in [4.69, 9.17) is 10.5 Å². The molecule has 2 nitrogen and oxygen atoms in total. The van der Waals surface area contributed by atoms with Crippen molar-refractivity contribution in [1.82, 2.24) is 0 Å². The summed E-state index contributed by atoms with van der Waals surface area (Å²) in [7, 11) is 0. The van der Waals surface area contributed by atoms with Crippen LogP contribution in [0.15, 0.2) is 67.8 Å². The zero-order chi connectivity index (χ0) is 16.7. The molecule has 2 heteroatoms. The lowest BCUT2D eigenvalue weighted by molar-refractivity contribution is 0.265. The highest BCUT2D eigenvalue weighted by atomic mass is 16.5. The van der Waals surface area contributed by atoms with Crippen molar-refractivity contribution in [3.8, 4) is 0 Å². The van der Waals surface area contributed by atoms with E-state index in [1.807, 2.05) is 54.6 Å². The minimum atomic E-state index is 0.484. The highest BCUT2D eigenvalue weighted by Crippen LogP contribution is 2.28. The number of ether oxygens (including phenoxy) is 1. The second kappa shape index (κ2) is 8.23. The lowest BCUT2D eigenvalue weighted by Gasteiger charge is -2.18. The number of benzene rings is 2. The maximum atomic E-state index is 6.19. The van der Waals surface area contributed by atoms with Gasteiger partial charge in [-0.05, 0) is 36.0 Å². The van der Waals surface area contributed by atoms with Crippen LogP contribution in [0, 0.1) is 5.92 Å². The Morgan fingerprint density at radius 1 is 1.17 bits per heavy atom. The zero-order valence-corrected chi connectivity index (χ0v) is 13.8. The standard InChI is InChI=1S/C21H25NO/c1-4-9-16(2)14-20-19(12-8-13-21(20)22)17(3)23-15-18-10-6-5-7-11-18/h4-8,10-13,16H,1,3,9,14-15,22H2,2H3. The molecule has 0 bridgehead atoms. The van der Waals surface area contributed by atoms with Crippen LogP contribution in [0.25, 0.3) is 5.76 Å². The van der Waals surface area contributed by atoms with Gasteiger partial charge in [-0.15, -0.1) is 6.58 Å². The predicted molar refractivity (Wildman–Crippen MR) is 98.8 cm³/mol. The molecule has 0 saturated carbocycles. The summed E-state index contributed by atoms with van der Waals surface area (Å²) in [6, 6.07) is 16.0. The first-order valence-electron chi connectivity index (χ1n) is 7.96. The van der Waals surface area contributed by atoms with Crippen LogP contribution in [-0.2, 0) is 17.8 Å². The largest absolute Gasteiger partial charge is 0.489 e. The average Bonchev–Trinajstić information content (AvgIpc) is 2.55. The van der Waals surface area contributed by atoms with E-state index < -0.39 is 0 Å². The van der Waals surface area contributed by atoms with Crippen molar-refractivity contribution in [1.29, 1.82) is 0 Å². The number of nitrogen functional groups attached to an aromatic ring is 1. The van der Waals surface area contributed by atoms with Crippen molar-refractivity contribution in [3.05, 3.63) is 84.5 Å². The molecular weight excluding hydrogens is 282 g/mol. The van der Waals surface area contributed by atoms with Crippen LogP contribution < -0.4 is 5.73 Å². The molecule has 2 N–H and O–H groups in total. The van der Waals surface area contributed by atoms with Crippen molar-refractivity contribution in [2.45, 2.75) is 26.4 Å². The maximum absolute atomic E-state index is 6.19. The van der Waals surface area contributed by atoms with E-state index in [1.165, 1.54) is 0 Å². The summed E-state index contributed by atoms with van der Waals surface area (Å²) in [6.45, 7) is 10.6. The van der Waals surface area contributed by atoms with E-state index in [9.17, 15) is 0 Å². The van der Waals surface area contributed by atoms with Crippen LogP contribution in [0.2, 0.25) is 0 Å². The van der Waals surface area contributed by atoms with Gasteiger partial charge in [0.05, 0.1) is 0 Å². The fourth-order valence-electron chi connectivity index (χ4n) is 2.63. The van der Waals surface area contributed by atoms with Gasteiger partial charge in [0.15, 0.2) is 0 Å². The van der Waals surface area contributed by atoms with Gasteiger partial charge in [0, 0.05) is 11.3 Å². The van der Waals surface area contributed by atoms with Crippen molar-refractivity contribution in [2.24, 2.45) is 5.92 Å². The first kappa shape index (κ1) is 16.9. The summed E-state index contributed by atoms with van der Waals surface area (Å²) >= 11 is 0. The minimum absolute atomic E-state index is 0.484. The Balaban J connectivity index is 2.13. The molecule has 0 aliphatic rings. The van der Waals surface area contributed by atoms with E-state index in [0.717, 1.165) is 35.2 Å². The fourth-order valence-corrected chi connectivity index (χ4v) is 2.63. The molecule has 120 valence electrons. The average molecular weight is 307 g/mol. The van der Waals surface area contributed by atoms with E-state index in [0.29, 0.717) is 18.3 Å². The molecule has 1 unspecified atom stereocenters. The molecular formula is C21H25NO. The van der Waals surface area contributed by atoms with Gasteiger partial charge in [-0.1, -0.05) is 62.0 Å². The van der Waals surface area contributed by atoms with Crippen LogP contribution in [0.4, 0.5) is 5.69 Å². The van der Waals surface area contributed by atoms with Gasteiger partial charge < -0.3 is 10.5 Å². The number of anilines is 1. The topological polar surface area (TPSA) is 35.2 Å². The summed E-state index contributed by atoms with van der Waals surface area (Å²) in [4.78, 5) is 0. The Morgan fingerprint density at radius 2 is 1.91 bits per heavy atom. The highest BCUT2D eigenvalue weighted by Gasteiger charge is 2.13. The molecule has 2 aromatic carbocycles.